The molecule has 0 saturated heterocycles. The van der Waals surface area contributed by atoms with E-state index in [4.69, 9.17) is 9.84 Å². The van der Waals surface area contributed by atoms with Crippen LogP contribution in [0.15, 0.2) is 24.3 Å². The fourth-order valence-electron chi connectivity index (χ4n) is 3.41. The Kier molecular flexibility index (Phi) is 7.77. The molecular formula is C20H27CsO4. The van der Waals surface area contributed by atoms with Crippen molar-refractivity contribution in [2.24, 2.45) is 5.41 Å². The van der Waals surface area contributed by atoms with E-state index in [1.807, 2.05) is 46.8 Å². The number of carbonyl (C=O) groups is 2. The maximum absolute atomic E-state index is 12.0. The van der Waals surface area contributed by atoms with E-state index in [9.17, 15) is 9.59 Å². The number of benzene rings is 1. The van der Waals surface area contributed by atoms with Gasteiger partial charge in [-0.25, -0.2) is 4.79 Å². The molecule has 2 aliphatic carbocycles. The van der Waals surface area contributed by atoms with Crippen LogP contribution in [0.2, 0.25) is 0 Å². The number of carboxylic acids is 1. The fraction of sp³-hybridized carbons (Fsp3) is 0.550. The van der Waals surface area contributed by atoms with Crippen LogP contribution >= 0.6 is 0 Å². The molecule has 0 radical (unpaired) electrons. The van der Waals surface area contributed by atoms with Gasteiger partial charge in [0.1, 0.15) is 5.60 Å². The van der Waals surface area contributed by atoms with E-state index in [2.05, 4.69) is 0 Å². The number of ether oxygens (including phenoxy) is 1. The van der Waals surface area contributed by atoms with E-state index in [1.165, 1.54) is 12.0 Å². The van der Waals surface area contributed by atoms with Crippen molar-refractivity contribution in [3.05, 3.63) is 41.8 Å². The second-order valence-corrected chi connectivity index (χ2v) is 7.54. The molecule has 0 amide bonds. The summed E-state index contributed by atoms with van der Waals surface area (Å²) in [5.41, 5.74) is 1.59. The third-order valence-electron chi connectivity index (χ3n) is 4.78. The molecule has 3 rings (SSSR count). The Balaban J connectivity index is 0.00000101. The van der Waals surface area contributed by atoms with E-state index in [1.54, 1.807) is 12.1 Å². The molecule has 0 aromatic heterocycles. The summed E-state index contributed by atoms with van der Waals surface area (Å²) in [6.45, 7) is 9.54. The molecule has 0 atom stereocenters. The monoisotopic (exact) mass is 464 g/mol. The zero-order valence-corrected chi connectivity index (χ0v) is 22.5. The van der Waals surface area contributed by atoms with Crippen molar-refractivity contribution in [3.63, 3.8) is 0 Å². The van der Waals surface area contributed by atoms with Gasteiger partial charge in [-0.2, -0.15) is 6.42 Å². The van der Waals surface area contributed by atoms with Gasteiger partial charge in [0, 0.05) is 0 Å². The number of fused-ring (bicyclic) bond motifs is 1. The molecule has 25 heavy (non-hydrogen) atoms. The predicted molar refractivity (Wildman–Crippen MR) is 92.9 cm³/mol. The molecule has 0 heterocycles. The molecule has 4 nitrogen and oxygen atoms in total. The SMILES string of the molecule is CC.CC(C)(C)OC(=O)c1ccc(C23CC2(C[CH-]C(=O)O)C3)cc1.[Cs+]. The number of hydrogen-bond donors (Lipinski definition) is 1. The Morgan fingerprint density at radius 3 is 2.12 bits per heavy atom. The van der Waals surface area contributed by atoms with Crippen molar-refractivity contribution in [1.82, 2.24) is 0 Å². The maximum Gasteiger partial charge on any atom is 1.00 e. The van der Waals surface area contributed by atoms with E-state index >= 15 is 0 Å². The largest absolute Gasteiger partial charge is 1.00 e. The average molecular weight is 464 g/mol. The topological polar surface area (TPSA) is 63.6 Å². The first-order valence-corrected chi connectivity index (χ1v) is 8.58. The van der Waals surface area contributed by atoms with Crippen LogP contribution in [0, 0.1) is 11.8 Å². The van der Waals surface area contributed by atoms with Gasteiger partial charge < -0.3 is 9.84 Å². The molecule has 132 valence electrons. The quantitative estimate of drug-likeness (QED) is 0.529. The Labute approximate surface area is 209 Å². The molecular weight excluding hydrogens is 437 g/mol. The summed E-state index contributed by atoms with van der Waals surface area (Å²) in [5, 5.41) is 8.76. The summed E-state index contributed by atoms with van der Waals surface area (Å²) < 4.78 is 5.35. The second-order valence-electron chi connectivity index (χ2n) is 7.54. The smallest absolute Gasteiger partial charge is 0.503 e. The van der Waals surface area contributed by atoms with Crippen LogP contribution in [0.25, 0.3) is 0 Å². The maximum atomic E-state index is 12.0. The summed E-state index contributed by atoms with van der Waals surface area (Å²) in [4.78, 5) is 22.7. The molecule has 0 bridgehead atoms. The molecule has 2 aliphatic rings. The molecule has 2 fully saturated rings. The summed E-state index contributed by atoms with van der Waals surface area (Å²) in [7, 11) is 0. The van der Waals surface area contributed by atoms with E-state index in [-0.39, 0.29) is 85.7 Å². The molecule has 2 saturated carbocycles. The number of hydrogen-bond acceptors (Lipinski definition) is 3. The van der Waals surface area contributed by atoms with Crippen LogP contribution in [0.1, 0.15) is 69.8 Å². The van der Waals surface area contributed by atoms with Gasteiger partial charge in [-0.15, -0.1) is 0 Å². The number of rotatable bonds is 5. The minimum absolute atomic E-state index is 0. The third kappa shape index (κ3) is 5.08. The van der Waals surface area contributed by atoms with Crippen molar-refractivity contribution in [3.8, 4) is 0 Å². The summed E-state index contributed by atoms with van der Waals surface area (Å²) in [5.74, 6) is -1.16. The Hall–Kier alpha value is 0.0819. The molecule has 1 aromatic carbocycles. The first kappa shape index (κ1) is 23.1. The Morgan fingerprint density at radius 1 is 1.16 bits per heavy atom. The number of aliphatic carboxylic acids is 1. The van der Waals surface area contributed by atoms with Gasteiger partial charge in [-0.05, 0) is 62.1 Å². The number of esters is 1. The van der Waals surface area contributed by atoms with E-state index < -0.39 is 11.6 Å². The van der Waals surface area contributed by atoms with Crippen LogP contribution in [0.3, 0.4) is 0 Å². The number of carboxylic acid groups (broad SMARTS) is 1. The van der Waals surface area contributed by atoms with E-state index in [0.717, 1.165) is 12.8 Å². The fourth-order valence-corrected chi connectivity index (χ4v) is 3.41. The van der Waals surface area contributed by atoms with Gasteiger partial charge in [0.15, 0.2) is 5.97 Å². The average Bonchev–Trinajstić information content (AvgIpc) is 3.32. The van der Waals surface area contributed by atoms with Crippen molar-refractivity contribution in [2.75, 3.05) is 0 Å². The summed E-state index contributed by atoms with van der Waals surface area (Å²) in [6.07, 6.45) is 4.10. The molecule has 0 spiro atoms. The minimum Gasteiger partial charge on any atom is -0.503 e. The number of carbonyl (C=O) groups excluding carboxylic acids is 1. The van der Waals surface area contributed by atoms with Crippen molar-refractivity contribution in [2.45, 2.75) is 64.9 Å². The third-order valence-corrected chi connectivity index (χ3v) is 4.78. The normalized spacial score (nSPS) is 25.3. The van der Waals surface area contributed by atoms with Crippen LogP contribution in [-0.2, 0) is 14.9 Å². The zero-order valence-electron chi connectivity index (χ0n) is 16.2. The van der Waals surface area contributed by atoms with Crippen molar-refractivity contribution in [1.29, 1.82) is 0 Å². The van der Waals surface area contributed by atoms with Crippen LogP contribution < -0.4 is 68.9 Å². The molecule has 0 aliphatic heterocycles. The molecule has 0 unspecified atom stereocenters. The van der Waals surface area contributed by atoms with Gasteiger partial charge in [-0.3, -0.25) is 11.2 Å². The van der Waals surface area contributed by atoms with Gasteiger partial charge >= 0.3 is 74.9 Å². The van der Waals surface area contributed by atoms with E-state index in [0.29, 0.717) is 12.0 Å². The van der Waals surface area contributed by atoms with Crippen LogP contribution in [-0.4, -0.2) is 22.6 Å². The second kappa shape index (κ2) is 8.40. The zero-order chi connectivity index (χ0) is 18.2. The van der Waals surface area contributed by atoms with Crippen LogP contribution in [0.5, 0.6) is 0 Å². The first-order valence-electron chi connectivity index (χ1n) is 8.58. The standard InChI is InChI=1S/C18H21O4.C2H6.Cs/c1-16(2,3)22-15(21)12-4-6-13(7-5-12)18-10-17(18,11-18)9-8-14(19)20;1-2;/h4-8H,9-11H2,1-3H3,(H,19,20);1-2H3;/q-1;;+1. The van der Waals surface area contributed by atoms with Gasteiger partial charge in [0.05, 0.1) is 5.56 Å². The van der Waals surface area contributed by atoms with Crippen LogP contribution in [0.4, 0.5) is 0 Å². The Morgan fingerprint density at radius 2 is 1.68 bits per heavy atom. The summed E-state index contributed by atoms with van der Waals surface area (Å²) >= 11 is 0. The molecule has 1 N–H and O–H groups in total. The first-order chi connectivity index (χ1) is 11.2. The van der Waals surface area contributed by atoms with Gasteiger partial charge in [-0.1, -0.05) is 26.0 Å². The minimum atomic E-state index is -0.845. The van der Waals surface area contributed by atoms with Gasteiger partial charge in [0.25, 0.3) is 0 Å². The summed E-state index contributed by atoms with van der Waals surface area (Å²) in [6, 6.07) is 7.57. The molecule has 5 heteroatoms. The molecule has 1 aromatic rings. The van der Waals surface area contributed by atoms with Crippen molar-refractivity contribution < 1.29 is 88.3 Å². The van der Waals surface area contributed by atoms with Crippen molar-refractivity contribution >= 4 is 11.9 Å². The van der Waals surface area contributed by atoms with Gasteiger partial charge in [0.2, 0.25) is 0 Å². The predicted octanol–water partition coefficient (Wildman–Crippen LogP) is 1.38. The Bertz CT molecular complexity index is 622.